The third-order valence-corrected chi connectivity index (χ3v) is 3.37. The summed E-state index contributed by atoms with van der Waals surface area (Å²) in [6, 6.07) is 0. The number of guanidine groups is 1. The summed E-state index contributed by atoms with van der Waals surface area (Å²) in [6.45, 7) is 13.7. The van der Waals surface area contributed by atoms with Gasteiger partial charge in [-0.3, -0.25) is 4.99 Å². The summed E-state index contributed by atoms with van der Waals surface area (Å²) in [7, 11) is 5.14. The van der Waals surface area contributed by atoms with E-state index in [2.05, 4.69) is 36.4 Å². The van der Waals surface area contributed by atoms with E-state index in [9.17, 15) is 4.79 Å². The first-order valence-electron chi connectivity index (χ1n) is 8.32. The quantitative estimate of drug-likeness (QED) is 0.570. The van der Waals surface area contributed by atoms with Crippen LogP contribution in [-0.2, 0) is 9.47 Å². The molecule has 24 heavy (non-hydrogen) atoms. The molecule has 0 aliphatic rings. The van der Waals surface area contributed by atoms with Gasteiger partial charge in [0, 0.05) is 40.8 Å². The van der Waals surface area contributed by atoms with Crippen molar-refractivity contribution in [1.82, 2.24) is 15.5 Å². The van der Waals surface area contributed by atoms with Crippen molar-refractivity contribution in [2.45, 2.75) is 53.2 Å². The minimum Gasteiger partial charge on any atom is -0.444 e. The zero-order valence-corrected chi connectivity index (χ0v) is 16.8. The first-order valence-corrected chi connectivity index (χ1v) is 8.32. The smallest absolute Gasteiger partial charge is 0.410 e. The topological polar surface area (TPSA) is 75.2 Å². The number of hydrogen-bond acceptors (Lipinski definition) is 4. The van der Waals surface area contributed by atoms with Crippen LogP contribution in [0.1, 0.15) is 41.5 Å². The number of nitrogens with zero attached hydrogens (tertiary/aromatic N) is 2. The number of methoxy groups -OCH3 is 1. The van der Waals surface area contributed by atoms with Gasteiger partial charge in [-0.15, -0.1) is 0 Å². The summed E-state index contributed by atoms with van der Waals surface area (Å²) in [6.07, 6.45) is -0.264. The molecule has 0 saturated carbocycles. The molecule has 7 heteroatoms. The Morgan fingerprint density at radius 3 is 2.17 bits per heavy atom. The fourth-order valence-corrected chi connectivity index (χ4v) is 1.93. The molecule has 0 aromatic rings. The van der Waals surface area contributed by atoms with Crippen LogP contribution < -0.4 is 10.6 Å². The zero-order chi connectivity index (χ0) is 19.0. The summed E-state index contributed by atoms with van der Waals surface area (Å²) in [5.41, 5.74) is -0.448. The van der Waals surface area contributed by atoms with Gasteiger partial charge in [0.05, 0.1) is 6.10 Å². The maximum Gasteiger partial charge on any atom is 0.410 e. The molecular weight excluding hydrogens is 308 g/mol. The van der Waals surface area contributed by atoms with Gasteiger partial charge in [0.25, 0.3) is 0 Å². The Hall–Kier alpha value is -1.50. The Kier molecular flexibility index (Phi) is 9.11. The van der Waals surface area contributed by atoms with Gasteiger partial charge in [0.15, 0.2) is 5.96 Å². The summed E-state index contributed by atoms with van der Waals surface area (Å²) < 4.78 is 10.8. The van der Waals surface area contributed by atoms with Gasteiger partial charge in [-0.1, -0.05) is 20.8 Å². The third-order valence-electron chi connectivity index (χ3n) is 3.37. The normalized spacial score (nSPS) is 14.1. The third kappa shape index (κ3) is 9.60. The molecule has 0 radical (unpaired) electrons. The average molecular weight is 345 g/mol. The lowest BCUT2D eigenvalue weighted by Gasteiger charge is -2.30. The van der Waals surface area contributed by atoms with Crippen LogP contribution in [0.4, 0.5) is 4.79 Å². The van der Waals surface area contributed by atoms with E-state index >= 15 is 0 Å². The number of likely N-dealkylation sites (N-methyl/N-ethyl adjacent to an activating group) is 1. The minimum atomic E-state index is -0.488. The van der Waals surface area contributed by atoms with E-state index < -0.39 is 5.60 Å². The number of rotatable bonds is 6. The molecule has 0 aliphatic carbocycles. The summed E-state index contributed by atoms with van der Waals surface area (Å²) in [4.78, 5) is 17.6. The monoisotopic (exact) mass is 344 g/mol. The van der Waals surface area contributed by atoms with Crippen LogP contribution in [0.25, 0.3) is 0 Å². The van der Waals surface area contributed by atoms with Gasteiger partial charge in [-0.25, -0.2) is 4.79 Å². The Morgan fingerprint density at radius 2 is 1.75 bits per heavy atom. The molecule has 0 saturated heterocycles. The molecule has 1 unspecified atom stereocenters. The lowest BCUT2D eigenvalue weighted by molar-refractivity contribution is 0.0205. The Labute approximate surface area is 147 Å². The number of nitrogens with one attached hydrogen (secondary N) is 2. The van der Waals surface area contributed by atoms with Crippen molar-refractivity contribution < 1.29 is 14.3 Å². The van der Waals surface area contributed by atoms with Crippen molar-refractivity contribution in [2.24, 2.45) is 10.4 Å². The second kappa shape index (κ2) is 9.71. The predicted molar refractivity (Wildman–Crippen MR) is 98.5 cm³/mol. The lowest BCUT2D eigenvalue weighted by atomic mass is 9.89. The van der Waals surface area contributed by atoms with Gasteiger partial charge in [-0.05, 0) is 26.2 Å². The molecule has 7 nitrogen and oxygen atoms in total. The number of amides is 1. The minimum absolute atomic E-state index is 0.0392. The number of ether oxygens (including phenoxy) is 2. The van der Waals surface area contributed by atoms with Crippen molar-refractivity contribution in [2.75, 3.05) is 40.8 Å². The Morgan fingerprint density at radius 1 is 1.17 bits per heavy atom. The van der Waals surface area contributed by atoms with Crippen molar-refractivity contribution in [3.63, 3.8) is 0 Å². The fraction of sp³-hybridized carbons (Fsp3) is 0.882. The van der Waals surface area contributed by atoms with Gasteiger partial charge in [-0.2, -0.15) is 0 Å². The van der Waals surface area contributed by atoms with Gasteiger partial charge in [0.1, 0.15) is 5.60 Å². The Bertz CT molecular complexity index is 411. The number of aliphatic imine (C=N–C) groups is 1. The van der Waals surface area contributed by atoms with E-state index in [-0.39, 0.29) is 17.6 Å². The summed E-state index contributed by atoms with van der Waals surface area (Å²) in [5, 5.41) is 6.43. The van der Waals surface area contributed by atoms with Crippen LogP contribution in [0, 0.1) is 5.41 Å². The van der Waals surface area contributed by atoms with Crippen LogP contribution in [-0.4, -0.2) is 69.5 Å². The molecule has 2 N–H and O–H groups in total. The maximum absolute atomic E-state index is 11.9. The van der Waals surface area contributed by atoms with E-state index in [4.69, 9.17) is 9.47 Å². The number of carbonyl (C=O) groups is 1. The number of hydrogen-bond donors (Lipinski definition) is 2. The lowest BCUT2D eigenvalue weighted by Crippen LogP contribution is -2.47. The summed E-state index contributed by atoms with van der Waals surface area (Å²) in [5.74, 6) is 0.680. The van der Waals surface area contributed by atoms with Crippen molar-refractivity contribution in [3.05, 3.63) is 0 Å². The van der Waals surface area contributed by atoms with E-state index in [1.807, 2.05) is 20.8 Å². The Balaban J connectivity index is 4.26. The highest BCUT2D eigenvalue weighted by Crippen LogP contribution is 2.20. The molecular formula is C17H36N4O3. The van der Waals surface area contributed by atoms with Crippen molar-refractivity contribution >= 4 is 12.1 Å². The first-order chi connectivity index (χ1) is 10.9. The molecule has 142 valence electrons. The predicted octanol–water partition coefficient (Wildman–Crippen LogP) is 2.08. The molecule has 0 aromatic carbocycles. The van der Waals surface area contributed by atoms with Crippen molar-refractivity contribution in [3.8, 4) is 0 Å². The molecule has 1 amide bonds. The molecule has 1 atom stereocenters. The standard InChI is InChI=1S/C17H36N4O3/c1-16(2,3)13(23-9)12-20-14(18-7)19-10-11-21(8)15(22)24-17(4,5)6/h13H,10-12H2,1-9H3,(H2,18,19,20). The van der Waals surface area contributed by atoms with Crippen LogP contribution >= 0.6 is 0 Å². The van der Waals surface area contributed by atoms with Crippen molar-refractivity contribution in [1.29, 1.82) is 0 Å². The molecule has 0 fully saturated rings. The molecule has 0 aliphatic heterocycles. The highest BCUT2D eigenvalue weighted by atomic mass is 16.6. The largest absolute Gasteiger partial charge is 0.444 e. The highest BCUT2D eigenvalue weighted by Gasteiger charge is 2.24. The summed E-state index contributed by atoms with van der Waals surface area (Å²) >= 11 is 0. The van der Waals surface area contributed by atoms with E-state index in [0.29, 0.717) is 25.6 Å². The molecule has 0 spiro atoms. The van der Waals surface area contributed by atoms with Gasteiger partial charge in [0.2, 0.25) is 0 Å². The van der Waals surface area contributed by atoms with Gasteiger partial charge >= 0.3 is 6.09 Å². The molecule has 0 aromatic heterocycles. The van der Waals surface area contributed by atoms with Crippen LogP contribution in [0.15, 0.2) is 4.99 Å². The van der Waals surface area contributed by atoms with E-state index in [0.717, 1.165) is 0 Å². The van der Waals surface area contributed by atoms with E-state index in [1.165, 1.54) is 0 Å². The highest BCUT2D eigenvalue weighted by molar-refractivity contribution is 5.79. The van der Waals surface area contributed by atoms with Crippen LogP contribution in [0.2, 0.25) is 0 Å². The molecule has 0 bridgehead atoms. The van der Waals surface area contributed by atoms with Gasteiger partial charge < -0.3 is 25.0 Å². The SMILES string of the molecule is CN=C(NCCN(C)C(=O)OC(C)(C)C)NCC(OC)C(C)(C)C. The van der Waals surface area contributed by atoms with Crippen LogP contribution in [0.5, 0.6) is 0 Å². The average Bonchev–Trinajstić information content (AvgIpc) is 2.42. The first kappa shape index (κ1) is 22.5. The van der Waals surface area contributed by atoms with Crippen LogP contribution in [0.3, 0.4) is 0 Å². The van der Waals surface area contributed by atoms with E-state index in [1.54, 1.807) is 26.1 Å². The fourth-order valence-electron chi connectivity index (χ4n) is 1.93. The molecule has 0 rings (SSSR count). The maximum atomic E-state index is 11.9. The second-order valence-electron chi connectivity index (χ2n) is 7.87. The second-order valence-corrected chi connectivity index (χ2v) is 7.87. The molecule has 0 heterocycles. The number of carbonyl (C=O) groups excluding carboxylic acids is 1. The zero-order valence-electron chi connectivity index (χ0n) is 16.8.